The summed E-state index contributed by atoms with van der Waals surface area (Å²) in [7, 11) is 0. The molecule has 0 amide bonds. The Hall–Kier alpha value is -1.15. The number of hydrogen-bond acceptors (Lipinski definition) is 2. The van der Waals surface area contributed by atoms with Crippen molar-refractivity contribution in [2.45, 2.75) is 37.3 Å². The second-order valence-corrected chi connectivity index (χ2v) is 5.69. The van der Waals surface area contributed by atoms with Crippen LogP contribution in [0, 0.1) is 16.7 Å². The fourth-order valence-electron chi connectivity index (χ4n) is 1.80. The van der Waals surface area contributed by atoms with Gasteiger partial charge in [-0.3, -0.25) is 0 Å². The third-order valence-corrected chi connectivity index (χ3v) is 3.73. The predicted octanol–water partition coefficient (Wildman–Crippen LogP) is 4.82. The second kappa shape index (κ2) is 6.33. The highest BCUT2D eigenvalue weighted by Gasteiger charge is 2.33. The number of halogens is 3. The van der Waals surface area contributed by atoms with Crippen molar-refractivity contribution in [3.8, 4) is 6.07 Å². The normalized spacial score (nSPS) is 14.7. The first-order valence-electron chi connectivity index (χ1n) is 5.89. The van der Waals surface area contributed by atoms with Gasteiger partial charge in [0.15, 0.2) is 0 Å². The van der Waals surface area contributed by atoms with Gasteiger partial charge >= 0.3 is 6.18 Å². The smallest absolute Gasteiger partial charge is 0.198 e. The van der Waals surface area contributed by atoms with E-state index >= 15 is 0 Å². The molecule has 1 aromatic carbocycles. The van der Waals surface area contributed by atoms with Gasteiger partial charge in [-0.25, -0.2) is 0 Å². The van der Waals surface area contributed by atoms with Gasteiger partial charge in [-0.15, -0.1) is 11.8 Å². The van der Waals surface area contributed by atoms with Crippen LogP contribution >= 0.6 is 11.8 Å². The van der Waals surface area contributed by atoms with Gasteiger partial charge in [-0.2, -0.15) is 18.4 Å². The number of benzene rings is 1. The van der Waals surface area contributed by atoms with E-state index < -0.39 is 18.0 Å². The third-order valence-electron chi connectivity index (χ3n) is 2.98. The molecule has 0 radical (unpaired) electrons. The van der Waals surface area contributed by atoms with Crippen LogP contribution in [0.3, 0.4) is 0 Å². The van der Waals surface area contributed by atoms with Crippen molar-refractivity contribution < 1.29 is 13.2 Å². The van der Waals surface area contributed by atoms with Crippen molar-refractivity contribution >= 4 is 11.8 Å². The minimum Gasteiger partial charge on any atom is -0.198 e. The number of nitriles is 1. The predicted molar refractivity (Wildman–Crippen MR) is 70.9 cm³/mol. The summed E-state index contributed by atoms with van der Waals surface area (Å²) in [5.74, 6) is 0. The molecule has 1 atom stereocenters. The van der Waals surface area contributed by atoms with Crippen molar-refractivity contribution in [2.24, 2.45) is 5.41 Å². The number of alkyl halides is 3. The number of hydrogen-bond donors (Lipinski definition) is 0. The summed E-state index contributed by atoms with van der Waals surface area (Å²) in [4.78, 5) is 1.10. The summed E-state index contributed by atoms with van der Waals surface area (Å²) in [5.41, 5.74) is -0.0832. The lowest BCUT2D eigenvalue weighted by atomic mass is 9.81. The third kappa shape index (κ3) is 5.56. The summed E-state index contributed by atoms with van der Waals surface area (Å²) in [6.07, 6.45) is -3.00. The fraction of sp³-hybridized carbons (Fsp3) is 0.500. The van der Waals surface area contributed by atoms with E-state index in [0.29, 0.717) is 6.42 Å². The van der Waals surface area contributed by atoms with Crippen molar-refractivity contribution in [1.29, 1.82) is 5.26 Å². The van der Waals surface area contributed by atoms with Gasteiger partial charge in [-0.1, -0.05) is 12.1 Å². The average Bonchev–Trinajstić information content (AvgIpc) is 2.37. The first-order chi connectivity index (χ1) is 8.78. The van der Waals surface area contributed by atoms with Gasteiger partial charge in [0.25, 0.3) is 0 Å². The fourth-order valence-corrected chi connectivity index (χ4v) is 2.20. The molecule has 19 heavy (non-hydrogen) atoms. The van der Waals surface area contributed by atoms with Crippen LogP contribution in [0.5, 0.6) is 0 Å². The molecule has 0 saturated carbocycles. The van der Waals surface area contributed by atoms with Gasteiger partial charge in [0.1, 0.15) is 0 Å². The molecular weight excluding hydrogens is 271 g/mol. The van der Waals surface area contributed by atoms with Crippen LogP contribution in [0.25, 0.3) is 0 Å². The maximum atomic E-state index is 12.2. The van der Waals surface area contributed by atoms with E-state index in [0.717, 1.165) is 10.5 Å². The maximum absolute atomic E-state index is 12.2. The summed E-state index contributed by atoms with van der Waals surface area (Å²) in [5, 5.41) is 9.12. The second-order valence-electron chi connectivity index (χ2n) is 4.81. The quantitative estimate of drug-likeness (QED) is 0.725. The Morgan fingerprint density at radius 3 is 2.16 bits per heavy atom. The molecule has 1 aromatic rings. The lowest BCUT2D eigenvalue weighted by molar-refractivity contribution is -0.138. The first-order valence-corrected chi connectivity index (χ1v) is 7.11. The van der Waals surface area contributed by atoms with Gasteiger partial charge in [-0.05, 0) is 43.7 Å². The van der Waals surface area contributed by atoms with Crippen LogP contribution in [0.2, 0.25) is 0 Å². The molecule has 0 aliphatic carbocycles. The molecule has 5 heteroatoms. The molecule has 104 valence electrons. The Morgan fingerprint density at radius 2 is 1.74 bits per heavy atom. The Balaban J connectivity index is 2.72. The van der Waals surface area contributed by atoms with Crippen LogP contribution in [-0.4, -0.2) is 12.4 Å². The maximum Gasteiger partial charge on any atom is 0.389 e. The van der Waals surface area contributed by atoms with Gasteiger partial charge in [0, 0.05) is 11.3 Å². The molecule has 0 bridgehead atoms. The molecule has 0 heterocycles. The Morgan fingerprint density at radius 1 is 1.16 bits per heavy atom. The van der Waals surface area contributed by atoms with E-state index in [1.54, 1.807) is 18.7 Å². The molecule has 1 rings (SSSR count). The molecule has 0 N–H and O–H groups in total. The highest BCUT2D eigenvalue weighted by Crippen LogP contribution is 2.33. The van der Waals surface area contributed by atoms with Crippen LogP contribution in [-0.2, 0) is 6.42 Å². The Bertz CT molecular complexity index is 447. The molecule has 1 unspecified atom stereocenters. The number of thioether (sulfide) groups is 1. The zero-order chi connectivity index (χ0) is 14.5. The van der Waals surface area contributed by atoms with Gasteiger partial charge in [0.05, 0.1) is 11.5 Å². The van der Waals surface area contributed by atoms with Crippen LogP contribution in [0.4, 0.5) is 13.2 Å². The molecular formula is C14H16F3NS. The lowest BCUT2D eigenvalue weighted by Crippen LogP contribution is -2.21. The molecule has 0 aromatic heterocycles. The van der Waals surface area contributed by atoms with E-state index in [1.807, 2.05) is 36.6 Å². The molecule has 0 spiro atoms. The zero-order valence-electron chi connectivity index (χ0n) is 10.9. The highest BCUT2D eigenvalue weighted by atomic mass is 32.2. The van der Waals surface area contributed by atoms with Crippen LogP contribution in [0.1, 0.15) is 25.3 Å². The number of rotatable bonds is 5. The summed E-state index contributed by atoms with van der Waals surface area (Å²) < 4.78 is 36.7. The summed E-state index contributed by atoms with van der Waals surface area (Å²) >= 11 is 1.60. The Kier molecular flexibility index (Phi) is 5.30. The molecule has 0 aliphatic heterocycles. The summed E-state index contributed by atoms with van der Waals surface area (Å²) in [6, 6.07) is 9.60. The lowest BCUT2D eigenvalue weighted by Gasteiger charge is -2.22. The minimum atomic E-state index is -4.21. The molecule has 0 saturated heterocycles. The van der Waals surface area contributed by atoms with Crippen molar-refractivity contribution in [3.63, 3.8) is 0 Å². The molecule has 0 fully saturated rings. The average molecular weight is 287 g/mol. The van der Waals surface area contributed by atoms with Crippen molar-refractivity contribution in [1.82, 2.24) is 0 Å². The molecule has 1 nitrogen and oxygen atoms in total. The van der Waals surface area contributed by atoms with E-state index in [1.165, 1.54) is 0 Å². The van der Waals surface area contributed by atoms with Crippen LogP contribution in [0.15, 0.2) is 29.2 Å². The van der Waals surface area contributed by atoms with E-state index in [2.05, 4.69) is 0 Å². The van der Waals surface area contributed by atoms with E-state index in [9.17, 15) is 13.2 Å². The van der Waals surface area contributed by atoms with Crippen molar-refractivity contribution in [3.05, 3.63) is 29.8 Å². The SMILES string of the molecule is CSc1ccc(CC(C)(C#N)CCC(F)(F)F)cc1. The first kappa shape index (κ1) is 15.9. The van der Waals surface area contributed by atoms with E-state index in [4.69, 9.17) is 5.26 Å². The van der Waals surface area contributed by atoms with E-state index in [-0.39, 0.29) is 6.42 Å². The zero-order valence-corrected chi connectivity index (χ0v) is 11.7. The topological polar surface area (TPSA) is 23.8 Å². The minimum absolute atomic E-state index is 0.169. The van der Waals surface area contributed by atoms with Crippen molar-refractivity contribution in [2.75, 3.05) is 6.26 Å². The molecule has 0 aliphatic rings. The highest BCUT2D eigenvalue weighted by molar-refractivity contribution is 7.98. The van der Waals surface area contributed by atoms with Gasteiger partial charge < -0.3 is 0 Å². The monoisotopic (exact) mass is 287 g/mol. The standard InChI is InChI=1S/C14H16F3NS/c1-13(10-18,7-8-14(15,16)17)9-11-3-5-12(19-2)6-4-11/h3-6H,7-9H2,1-2H3. The largest absolute Gasteiger partial charge is 0.389 e. The summed E-state index contributed by atoms with van der Waals surface area (Å²) in [6.45, 7) is 1.58. The van der Waals surface area contributed by atoms with Gasteiger partial charge in [0.2, 0.25) is 0 Å². The Labute approximate surface area is 115 Å². The number of nitrogens with zero attached hydrogens (tertiary/aromatic N) is 1. The van der Waals surface area contributed by atoms with Crippen LogP contribution < -0.4 is 0 Å².